The molecule has 0 aromatic rings. The molecule has 18 heavy (non-hydrogen) atoms. The number of aliphatic carboxylic acids is 1. The first-order valence-electron chi connectivity index (χ1n) is 5.96. The summed E-state index contributed by atoms with van der Waals surface area (Å²) in [6.07, 6.45) is 2.09. The van der Waals surface area contributed by atoms with E-state index in [9.17, 15) is 14.7 Å². The molecule has 0 bridgehead atoms. The van der Waals surface area contributed by atoms with Gasteiger partial charge in [-0.1, -0.05) is 6.92 Å². The van der Waals surface area contributed by atoms with Crippen molar-refractivity contribution in [1.29, 1.82) is 0 Å². The van der Waals surface area contributed by atoms with E-state index >= 15 is 0 Å². The van der Waals surface area contributed by atoms with Gasteiger partial charge in [0, 0.05) is 24.8 Å². The van der Waals surface area contributed by atoms with E-state index in [-0.39, 0.29) is 19.0 Å². The van der Waals surface area contributed by atoms with Crippen LogP contribution in [0.4, 0.5) is 4.79 Å². The quantitative estimate of drug-likeness (QED) is 0.674. The van der Waals surface area contributed by atoms with E-state index in [2.05, 4.69) is 5.32 Å². The molecule has 0 saturated carbocycles. The number of aliphatic hydroxyl groups excluding tert-OH is 1. The summed E-state index contributed by atoms with van der Waals surface area (Å²) < 4.78 is 0. The number of nitrogens with zero attached hydrogens (tertiary/aromatic N) is 1. The van der Waals surface area contributed by atoms with Gasteiger partial charge in [-0.25, -0.2) is 9.59 Å². The Hall–Kier alpha value is -0.950. The third-order valence-corrected chi connectivity index (χ3v) is 3.75. The van der Waals surface area contributed by atoms with E-state index in [1.807, 2.05) is 13.2 Å². The van der Waals surface area contributed by atoms with Gasteiger partial charge in [0.2, 0.25) is 0 Å². The molecule has 2 amide bonds. The van der Waals surface area contributed by atoms with Gasteiger partial charge in [0.15, 0.2) is 0 Å². The first kappa shape index (κ1) is 15.1. The van der Waals surface area contributed by atoms with E-state index < -0.39 is 24.1 Å². The Morgan fingerprint density at radius 3 is 2.72 bits per heavy atom. The highest BCUT2D eigenvalue weighted by Crippen LogP contribution is 2.18. The van der Waals surface area contributed by atoms with Crippen LogP contribution in [0.15, 0.2) is 0 Å². The van der Waals surface area contributed by atoms with Crippen LogP contribution in [0.3, 0.4) is 0 Å². The predicted molar refractivity (Wildman–Crippen MR) is 69.7 cm³/mol. The largest absolute Gasteiger partial charge is 0.480 e. The van der Waals surface area contributed by atoms with E-state index in [4.69, 9.17) is 5.11 Å². The molecule has 0 aromatic carbocycles. The van der Waals surface area contributed by atoms with Crippen LogP contribution in [0.1, 0.15) is 19.8 Å². The summed E-state index contributed by atoms with van der Waals surface area (Å²) in [6.45, 7) is 2.05. The summed E-state index contributed by atoms with van der Waals surface area (Å²) in [5, 5.41) is 21.3. The maximum absolute atomic E-state index is 12.0. The number of nitrogens with one attached hydrogen (secondary N) is 1. The number of likely N-dealkylation sites (tertiary alicyclic amines) is 1. The first-order valence-corrected chi connectivity index (χ1v) is 7.35. The lowest BCUT2D eigenvalue weighted by Crippen LogP contribution is -2.49. The van der Waals surface area contributed by atoms with E-state index in [0.29, 0.717) is 0 Å². The molecule has 6 nitrogen and oxygen atoms in total. The van der Waals surface area contributed by atoms with Crippen molar-refractivity contribution < 1.29 is 19.8 Å². The molecule has 1 unspecified atom stereocenters. The average Bonchev–Trinajstić information content (AvgIpc) is 2.71. The van der Waals surface area contributed by atoms with Crippen LogP contribution >= 0.6 is 11.8 Å². The number of β-amino-alcohol motifs (C(OH)–C–C–N with tert-alkyl or cyclic N) is 1. The minimum atomic E-state index is -1.07. The van der Waals surface area contributed by atoms with Crippen molar-refractivity contribution in [3.8, 4) is 0 Å². The monoisotopic (exact) mass is 276 g/mol. The molecular weight excluding hydrogens is 256 g/mol. The average molecular weight is 276 g/mol. The minimum absolute atomic E-state index is 0.0275. The number of carbonyl (C=O) groups is 2. The molecule has 1 fully saturated rings. The van der Waals surface area contributed by atoms with Crippen molar-refractivity contribution in [2.45, 2.75) is 38.0 Å². The number of hydrogen-bond donors (Lipinski definition) is 3. The minimum Gasteiger partial charge on any atom is -0.480 e. The van der Waals surface area contributed by atoms with Crippen LogP contribution in [-0.4, -0.2) is 63.9 Å². The number of carboxylic acid groups (broad SMARTS) is 1. The van der Waals surface area contributed by atoms with E-state index in [0.717, 1.165) is 12.2 Å². The van der Waals surface area contributed by atoms with Crippen molar-refractivity contribution >= 4 is 23.8 Å². The molecule has 1 aliphatic heterocycles. The molecule has 3 N–H and O–H groups in total. The highest BCUT2D eigenvalue weighted by molar-refractivity contribution is 7.98. The Bertz CT molecular complexity index is 313. The van der Waals surface area contributed by atoms with Crippen molar-refractivity contribution in [2.75, 3.05) is 18.6 Å². The van der Waals surface area contributed by atoms with Gasteiger partial charge in [-0.2, -0.15) is 11.8 Å². The lowest BCUT2D eigenvalue weighted by atomic mass is 10.2. The maximum atomic E-state index is 12.0. The molecular formula is C11H20N2O4S. The topological polar surface area (TPSA) is 89.9 Å². The van der Waals surface area contributed by atoms with Crippen LogP contribution in [0, 0.1) is 0 Å². The molecule has 0 aliphatic carbocycles. The number of aliphatic hydroxyl groups is 1. The molecule has 0 spiro atoms. The Morgan fingerprint density at radius 1 is 1.56 bits per heavy atom. The van der Waals surface area contributed by atoms with E-state index in [1.54, 1.807) is 11.8 Å². The Morgan fingerprint density at radius 2 is 2.22 bits per heavy atom. The number of carboxylic acids is 1. The summed E-state index contributed by atoms with van der Waals surface area (Å²) in [4.78, 5) is 24.2. The smallest absolute Gasteiger partial charge is 0.326 e. The lowest BCUT2D eigenvalue weighted by Gasteiger charge is -2.25. The summed E-state index contributed by atoms with van der Waals surface area (Å²) in [7, 11) is 0. The summed E-state index contributed by atoms with van der Waals surface area (Å²) >= 11 is 1.63. The Kier molecular flexibility index (Phi) is 5.74. The van der Waals surface area contributed by atoms with Gasteiger partial charge in [-0.3, -0.25) is 0 Å². The van der Waals surface area contributed by atoms with Gasteiger partial charge in [-0.05, 0) is 12.7 Å². The number of amides is 2. The standard InChI is InChI=1S/C11H20N2O4S/c1-3-7(6-18-2)12-11(17)13-5-8(14)4-9(13)10(15)16/h7-9,14H,3-6H2,1-2H3,(H,12,17)(H,15,16)/t7?,8-,9-/m0/s1. The van der Waals surface area contributed by atoms with Gasteiger partial charge < -0.3 is 20.4 Å². The molecule has 1 saturated heterocycles. The number of hydrogen-bond acceptors (Lipinski definition) is 4. The van der Waals surface area contributed by atoms with E-state index in [1.165, 1.54) is 4.90 Å². The molecule has 104 valence electrons. The SMILES string of the molecule is CCC(CSC)NC(=O)N1C[C@@H](O)C[C@H]1C(=O)O. The maximum Gasteiger partial charge on any atom is 0.326 e. The summed E-state index contributed by atoms with van der Waals surface area (Å²) in [5.41, 5.74) is 0. The van der Waals surface area contributed by atoms with Gasteiger partial charge in [0.25, 0.3) is 0 Å². The second-order valence-electron chi connectivity index (χ2n) is 4.41. The third kappa shape index (κ3) is 3.78. The lowest BCUT2D eigenvalue weighted by molar-refractivity contribution is -0.141. The fraction of sp³-hybridized carbons (Fsp3) is 0.818. The molecule has 7 heteroatoms. The van der Waals surface area contributed by atoms with Crippen LogP contribution in [0.25, 0.3) is 0 Å². The molecule has 0 radical (unpaired) electrons. The van der Waals surface area contributed by atoms with Gasteiger partial charge >= 0.3 is 12.0 Å². The number of thioether (sulfide) groups is 1. The van der Waals surface area contributed by atoms with Crippen molar-refractivity contribution in [1.82, 2.24) is 10.2 Å². The van der Waals surface area contributed by atoms with Gasteiger partial charge in [-0.15, -0.1) is 0 Å². The molecule has 3 atom stereocenters. The number of urea groups is 1. The molecule has 0 aromatic heterocycles. The van der Waals surface area contributed by atoms with Crippen LogP contribution in [0.2, 0.25) is 0 Å². The second kappa shape index (κ2) is 6.84. The van der Waals surface area contributed by atoms with Crippen molar-refractivity contribution in [3.05, 3.63) is 0 Å². The Labute approximate surface area is 111 Å². The summed E-state index contributed by atoms with van der Waals surface area (Å²) in [6, 6.07) is -1.30. The van der Waals surface area contributed by atoms with Crippen LogP contribution in [0.5, 0.6) is 0 Å². The zero-order valence-electron chi connectivity index (χ0n) is 10.6. The highest BCUT2D eigenvalue weighted by atomic mass is 32.2. The predicted octanol–water partition coefficient (Wildman–Crippen LogP) is 0.357. The fourth-order valence-electron chi connectivity index (χ4n) is 1.99. The second-order valence-corrected chi connectivity index (χ2v) is 5.32. The third-order valence-electron chi connectivity index (χ3n) is 3.01. The number of carbonyl (C=O) groups excluding carboxylic acids is 1. The molecule has 1 aliphatic rings. The van der Waals surface area contributed by atoms with Crippen molar-refractivity contribution in [2.24, 2.45) is 0 Å². The van der Waals surface area contributed by atoms with Crippen LogP contribution < -0.4 is 5.32 Å². The zero-order valence-corrected chi connectivity index (χ0v) is 11.4. The van der Waals surface area contributed by atoms with Crippen LogP contribution in [-0.2, 0) is 4.79 Å². The normalized spacial score (nSPS) is 24.9. The Balaban J connectivity index is 2.61. The zero-order chi connectivity index (χ0) is 13.7. The highest BCUT2D eigenvalue weighted by Gasteiger charge is 2.39. The fourth-order valence-corrected chi connectivity index (χ4v) is 2.71. The van der Waals surface area contributed by atoms with Gasteiger partial charge in [0.05, 0.1) is 6.10 Å². The van der Waals surface area contributed by atoms with Crippen molar-refractivity contribution in [3.63, 3.8) is 0 Å². The molecule has 1 heterocycles. The van der Waals surface area contributed by atoms with Gasteiger partial charge in [0.1, 0.15) is 6.04 Å². The number of rotatable bonds is 5. The first-order chi connectivity index (χ1) is 8.49. The molecule has 1 rings (SSSR count). The summed E-state index contributed by atoms with van der Waals surface area (Å²) in [5.74, 6) is -0.282.